The van der Waals surface area contributed by atoms with E-state index >= 15 is 0 Å². The van der Waals surface area contributed by atoms with Gasteiger partial charge in [0.25, 0.3) is 0 Å². The fourth-order valence-electron chi connectivity index (χ4n) is 2.76. The molecule has 6 heteroatoms. The summed E-state index contributed by atoms with van der Waals surface area (Å²) in [6.45, 7) is 0. The Kier molecular flexibility index (Phi) is 7.79. The predicted octanol–water partition coefficient (Wildman–Crippen LogP) is -0.127. The molecule has 3 nitrogen and oxygen atoms in total. The molecule has 0 saturated heterocycles. The van der Waals surface area contributed by atoms with Crippen LogP contribution in [0.15, 0.2) is 91.0 Å². The normalized spacial score (nSPS) is 11.7. The first-order valence-corrected chi connectivity index (χ1v) is 10.1. The summed E-state index contributed by atoms with van der Waals surface area (Å²) in [5, 5.41) is 2.67. The van der Waals surface area contributed by atoms with Gasteiger partial charge in [0.05, 0.1) is 0 Å². The summed E-state index contributed by atoms with van der Waals surface area (Å²) in [5.74, 6) is 0. The van der Waals surface area contributed by atoms with Gasteiger partial charge in [-0.15, -0.1) is 0 Å². The largest absolute Gasteiger partial charge is 1.00 e. The van der Waals surface area contributed by atoms with Crippen LogP contribution < -0.4 is 67.3 Å². The van der Waals surface area contributed by atoms with Crippen molar-refractivity contribution < 1.29 is 63.8 Å². The Labute approximate surface area is 187 Å². The van der Waals surface area contributed by atoms with Gasteiger partial charge in [-0.1, -0.05) is 0 Å². The molecule has 0 amide bonds. The Morgan fingerprint density at radius 3 is 1.12 bits per heavy atom. The molecular weight excluding hydrogens is 366 g/mol. The standard InChI is InChI=1S/C18H16O3PS.K/c19-23(20)21-22(16-10-4-1-5-11-16,17-12-6-2-7-13-17)18-14-8-3-9-15-18;/h1-15,22H;/q-1;+1. The van der Waals surface area contributed by atoms with Crippen LogP contribution in [0.25, 0.3) is 0 Å². The van der Waals surface area contributed by atoms with Crippen LogP contribution in [0.1, 0.15) is 0 Å². The second kappa shape index (κ2) is 9.37. The molecule has 24 heavy (non-hydrogen) atoms. The molecular formula is C18H16KO3PS. The predicted molar refractivity (Wildman–Crippen MR) is 96.4 cm³/mol. The van der Waals surface area contributed by atoms with Crippen molar-refractivity contribution >= 4 is 34.4 Å². The van der Waals surface area contributed by atoms with E-state index < -0.39 is 18.5 Å². The van der Waals surface area contributed by atoms with Gasteiger partial charge in [0.1, 0.15) is 0 Å². The van der Waals surface area contributed by atoms with E-state index in [1.807, 2.05) is 91.0 Å². The van der Waals surface area contributed by atoms with Gasteiger partial charge in [-0.2, -0.15) is 0 Å². The van der Waals surface area contributed by atoms with Gasteiger partial charge >= 0.3 is 189 Å². The van der Waals surface area contributed by atoms with Crippen molar-refractivity contribution in [3.05, 3.63) is 91.0 Å². The monoisotopic (exact) mass is 382 g/mol. The molecule has 3 rings (SSSR count). The average Bonchev–Trinajstić information content (AvgIpc) is 2.62. The average molecular weight is 382 g/mol. The van der Waals surface area contributed by atoms with Gasteiger partial charge in [-0.25, -0.2) is 0 Å². The molecule has 3 aromatic rings. The quantitative estimate of drug-likeness (QED) is 0.351. The molecule has 0 aliphatic heterocycles. The first-order valence-electron chi connectivity index (χ1n) is 7.19. The van der Waals surface area contributed by atoms with Crippen LogP contribution in [0.2, 0.25) is 0 Å². The van der Waals surface area contributed by atoms with Crippen molar-refractivity contribution in [1.82, 2.24) is 0 Å². The molecule has 0 aliphatic rings. The summed E-state index contributed by atoms with van der Waals surface area (Å²) >= 11 is 0. The van der Waals surface area contributed by atoms with Crippen LogP contribution >= 0.6 is 7.49 Å². The summed E-state index contributed by atoms with van der Waals surface area (Å²) in [4.78, 5) is 0. The summed E-state index contributed by atoms with van der Waals surface area (Å²) in [5.41, 5.74) is 0. The molecule has 0 atom stereocenters. The molecule has 0 heterocycles. The molecule has 0 fully saturated rings. The Hall–Kier alpha value is -0.364. The minimum Gasteiger partial charge on any atom is 1.00 e. The third-order valence-corrected chi connectivity index (χ3v) is 8.72. The molecule has 0 saturated carbocycles. The van der Waals surface area contributed by atoms with Crippen LogP contribution in [0, 0.1) is 0 Å². The maximum absolute atomic E-state index is 11.5. The topological polar surface area (TPSA) is 43.4 Å². The van der Waals surface area contributed by atoms with E-state index in [0.29, 0.717) is 0 Å². The fourth-order valence-corrected chi connectivity index (χ4v) is 7.72. The summed E-state index contributed by atoms with van der Waals surface area (Å²) in [6.07, 6.45) is 0. The first kappa shape index (κ1) is 20.0. The third kappa shape index (κ3) is 4.24. The zero-order chi connectivity index (χ0) is 16.1. The molecule has 118 valence electrons. The van der Waals surface area contributed by atoms with E-state index in [-0.39, 0.29) is 51.4 Å². The minimum atomic E-state index is -3.10. The third-order valence-electron chi connectivity index (χ3n) is 3.73. The molecule has 0 aliphatic carbocycles. The first-order chi connectivity index (χ1) is 11.2. The Bertz CT molecular complexity index is 735. The molecule has 0 spiro atoms. The summed E-state index contributed by atoms with van der Waals surface area (Å²) in [7, 11) is -5.72. The van der Waals surface area contributed by atoms with Crippen molar-refractivity contribution in [3.63, 3.8) is 0 Å². The van der Waals surface area contributed by atoms with Crippen LogP contribution in [0.3, 0.4) is 0 Å². The summed E-state index contributed by atoms with van der Waals surface area (Å²) < 4.78 is 28.7. The van der Waals surface area contributed by atoms with Crippen molar-refractivity contribution in [2.75, 3.05) is 0 Å². The van der Waals surface area contributed by atoms with Gasteiger partial charge < -0.3 is 0 Å². The minimum absolute atomic E-state index is 0. The Morgan fingerprint density at radius 1 is 0.583 bits per heavy atom. The molecule has 0 radical (unpaired) electrons. The second-order valence-corrected chi connectivity index (χ2v) is 9.24. The maximum atomic E-state index is 11.5. The van der Waals surface area contributed by atoms with Gasteiger partial charge in [-0.05, 0) is 0 Å². The SMILES string of the molecule is O=[S-](=O)O[PH](c1ccccc1)(c1ccccc1)c1ccccc1.[K+]. The molecule has 0 unspecified atom stereocenters. The van der Waals surface area contributed by atoms with E-state index in [1.54, 1.807) is 0 Å². The van der Waals surface area contributed by atoms with Gasteiger partial charge in [0.2, 0.25) is 0 Å². The van der Waals surface area contributed by atoms with E-state index in [9.17, 15) is 8.42 Å². The van der Waals surface area contributed by atoms with E-state index in [1.165, 1.54) is 0 Å². The Morgan fingerprint density at radius 2 is 0.875 bits per heavy atom. The van der Waals surface area contributed by atoms with Crippen molar-refractivity contribution in [2.45, 2.75) is 0 Å². The van der Waals surface area contributed by atoms with E-state index in [2.05, 4.69) is 0 Å². The smallest absolute Gasteiger partial charge is 1.00 e. The van der Waals surface area contributed by atoms with Gasteiger partial charge in [-0.3, -0.25) is 0 Å². The number of hydrogen-bond acceptors (Lipinski definition) is 4. The van der Waals surface area contributed by atoms with Crippen LogP contribution in [-0.4, -0.2) is 0 Å². The zero-order valence-electron chi connectivity index (χ0n) is 13.3. The number of hydrogen-bond donors (Lipinski definition) is 0. The molecule has 3 aromatic carbocycles. The number of rotatable bonds is 5. The van der Waals surface area contributed by atoms with Gasteiger partial charge in [0, 0.05) is 0 Å². The molecule has 0 N–H and O–H groups in total. The van der Waals surface area contributed by atoms with Crippen LogP contribution in [0.4, 0.5) is 0 Å². The fraction of sp³-hybridized carbons (Fsp3) is 0. The second-order valence-electron chi connectivity index (χ2n) is 5.07. The van der Waals surface area contributed by atoms with Crippen molar-refractivity contribution in [1.29, 1.82) is 0 Å². The summed E-state index contributed by atoms with van der Waals surface area (Å²) in [6, 6.07) is 28.7. The van der Waals surface area contributed by atoms with Crippen LogP contribution in [0.5, 0.6) is 0 Å². The van der Waals surface area contributed by atoms with E-state index in [0.717, 1.165) is 15.9 Å². The molecule has 0 aromatic heterocycles. The zero-order valence-corrected chi connectivity index (χ0v) is 18.2. The number of benzene rings is 3. The van der Waals surface area contributed by atoms with Gasteiger partial charge in [0.15, 0.2) is 0 Å². The molecule has 0 bridgehead atoms. The van der Waals surface area contributed by atoms with Crippen LogP contribution in [-0.2, 0) is 23.4 Å². The Balaban J connectivity index is 0.00000208. The maximum Gasteiger partial charge on any atom is 1.00 e. The van der Waals surface area contributed by atoms with Crippen molar-refractivity contribution in [2.24, 2.45) is 0 Å². The van der Waals surface area contributed by atoms with Crippen molar-refractivity contribution in [3.8, 4) is 0 Å². The van der Waals surface area contributed by atoms with E-state index in [4.69, 9.17) is 3.97 Å².